The molecule has 1 amide bonds. The van der Waals surface area contributed by atoms with E-state index in [1.54, 1.807) is 0 Å². The summed E-state index contributed by atoms with van der Waals surface area (Å²) in [6.45, 7) is 10.7. The summed E-state index contributed by atoms with van der Waals surface area (Å²) in [5, 5.41) is 16.9. The van der Waals surface area contributed by atoms with Gasteiger partial charge in [-0.15, -0.1) is 0 Å². The van der Waals surface area contributed by atoms with Gasteiger partial charge in [0.15, 0.2) is 0 Å². The van der Waals surface area contributed by atoms with Gasteiger partial charge in [-0.3, -0.25) is 0 Å². The van der Waals surface area contributed by atoms with Crippen molar-refractivity contribution >= 4 is 6.09 Å². The molecule has 1 fully saturated rings. The first-order valence-corrected chi connectivity index (χ1v) is 10.4. The van der Waals surface area contributed by atoms with Crippen LogP contribution < -0.4 is 10.6 Å². The maximum absolute atomic E-state index is 12.2. The number of amides is 1. The standard InChI is InChI=1S/C22H36N2O5/c1-16(11-12-22(5)28-29-22)14-23-15-19(25)18(13-17-9-7-6-8-10-17)24-20(26)27-21(2,3)4/h6-10,16,18-19,23,25H,11-15H2,1-5H3,(H,24,26)/t16?,18-,19+/m0/s1. The van der Waals surface area contributed by atoms with Crippen molar-refractivity contribution in [2.45, 2.75) is 77.4 Å². The van der Waals surface area contributed by atoms with Gasteiger partial charge < -0.3 is 20.5 Å². The van der Waals surface area contributed by atoms with Crippen LogP contribution in [0.5, 0.6) is 0 Å². The number of hydrogen-bond donors (Lipinski definition) is 3. The molecule has 0 aliphatic carbocycles. The number of rotatable bonds is 11. The molecule has 0 bridgehead atoms. The van der Waals surface area contributed by atoms with Crippen molar-refractivity contribution in [3.05, 3.63) is 35.9 Å². The Kier molecular flexibility index (Phi) is 8.46. The van der Waals surface area contributed by atoms with Crippen molar-refractivity contribution in [3.63, 3.8) is 0 Å². The summed E-state index contributed by atoms with van der Waals surface area (Å²) in [6, 6.07) is 9.34. The van der Waals surface area contributed by atoms with Gasteiger partial charge in [0.1, 0.15) is 5.60 Å². The first kappa shape index (κ1) is 23.6. The van der Waals surface area contributed by atoms with E-state index < -0.39 is 29.6 Å². The Balaban J connectivity index is 1.83. The van der Waals surface area contributed by atoms with Crippen LogP contribution >= 0.6 is 0 Å². The van der Waals surface area contributed by atoms with Crippen LogP contribution in [-0.4, -0.2) is 47.8 Å². The van der Waals surface area contributed by atoms with Crippen molar-refractivity contribution in [1.29, 1.82) is 0 Å². The number of nitrogens with one attached hydrogen (secondary N) is 2. The molecule has 3 atom stereocenters. The normalized spacial score (nSPS) is 18.6. The number of benzene rings is 1. The van der Waals surface area contributed by atoms with Crippen LogP contribution in [0.15, 0.2) is 30.3 Å². The third-order valence-electron chi connectivity index (χ3n) is 4.77. The number of ether oxygens (including phenoxy) is 1. The quantitative estimate of drug-likeness (QED) is 0.384. The van der Waals surface area contributed by atoms with Gasteiger partial charge in [-0.05, 0) is 58.6 Å². The van der Waals surface area contributed by atoms with Crippen LogP contribution in [0, 0.1) is 5.92 Å². The van der Waals surface area contributed by atoms with Crippen LogP contribution in [-0.2, 0) is 20.9 Å². The largest absolute Gasteiger partial charge is 0.444 e. The molecule has 1 unspecified atom stereocenters. The van der Waals surface area contributed by atoms with Gasteiger partial charge in [-0.25, -0.2) is 4.79 Å². The van der Waals surface area contributed by atoms with Gasteiger partial charge in [0.05, 0.1) is 12.1 Å². The highest BCUT2D eigenvalue weighted by molar-refractivity contribution is 5.68. The molecule has 0 radical (unpaired) electrons. The van der Waals surface area contributed by atoms with Gasteiger partial charge >= 0.3 is 6.09 Å². The zero-order valence-electron chi connectivity index (χ0n) is 18.2. The molecule has 0 spiro atoms. The minimum absolute atomic E-state index is 0.377. The summed E-state index contributed by atoms with van der Waals surface area (Å²) >= 11 is 0. The fraction of sp³-hybridized carbons (Fsp3) is 0.682. The van der Waals surface area contributed by atoms with Crippen LogP contribution in [0.25, 0.3) is 0 Å². The Hall–Kier alpha value is -1.67. The highest BCUT2D eigenvalue weighted by Gasteiger charge is 2.42. The molecule has 0 aromatic heterocycles. The van der Waals surface area contributed by atoms with Gasteiger partial charge in [-0.2, -0.15) is 9.78 Å². The third-order valence-corrected chi connectivity index (χ3v) is 4.77. The van der Waals surface area contributed by atoms with Crippen LogP contribution in [0.3, 0.4) is 0 Å². The first-order chi connectivity index (χ1) is 13.6. The second kappa shape index (κ2) is 10.4. The van der Waals surface area contributed by atoms with Gasteiger partial charge in [0.2, 0.25) is 5.79 Å². The molecule has 0 saturated carbocycles. The van der Waals surface area contributed by atoms with Gasteiger partial charge in [0.25, 0.3) is 0 Å². The van der Waals surface area contributed by atoms with Crippen molar-refractivity contribution in [2.75, 3.05) is 13.1 Å². The third kappa shape index (κ3) is 9.58. The molecule has 1 aliphatic rings. The van der Waals surface area contributed by atoms with E-state index in [9.17, 15) is 9.90 Å². The SMILES string of the molecule is CC(CCC1(C)OO1)CNC[C@@H](O)[C@H](Cc1ccccc1)NC(=O)OC(C)(C)C. The topological polar surface area (TPSA) is 95.6 Å². The lowest BCUT2D eigenvalue weighted by Gasteiger charge is -2.27. The molecule has 1 saturated heterocycles. The molecule has 1 aliphatic heterocycles. The first-order valence-electron chi connectivity index (χ1n) is 10.4. The number of hydrogen-bond acceptors (Lipinski definition) is 6. The van der Waals surface area contributed by atoms with Crippen molar-refractivity contribution in [2.24, 2.45) is 5.92 Å². The molecule has 7 heteroatoms. The van der Waals surface area contributed by atoms with E-state index in [1.807, 2.05) is 58.0 Å². The molecule has 1 heterocycles. The monoisotopic (exact) mass is 408 g/mol. The number of aliphatic hydroxyl groups excluding tert-OH is 1. The summed E-state index contributed by atoms with van der Waals surface area (Å²) < 4.78 is 5.36. The molecule has 1 aromatic rings. The second-order valence-corrected chi connectivity index (χ2v) is 9.11. The molecule has 1 aromatic carbocycles. The molecule has 7 nitrogen and oxygen atoms in total. The average Bonchev–Trinajstić information content (AvgIpc) is 3.36. The maximum Gasteiger partial charge on any atom is 0.407 e. The predicted molar refractivity (Wildman–Crippen MR) is 111 cm³/mol. The van der Waals surface area contributed by atoms with E-state index in [1.165, 1.54) is 0 Å². The van der Waals surface area contributed by atoms with Crippen LogP contribution in [0.1, 0.15) is 53.0 Å². The molecule has 2 rings (SSSR count). The van der Waals surface area contributed by atoms with Gasteiger partial charge in [-0.1, -0.05) is 37.3 Å². The minimum Gasteiger partial charge on any atom is -0.444 e. The summed E-state index contributed by atoms with van der Waals surface area (Å²) in [5.74, 6) is 0.00419. The second-order valence-electron chi connectivity index (χ2n) is 9.11. The van der Waals surface area contributed by atoms with E-state index in [4.69, 9.17) is 14.5 Å². The van der Waals surface area contributed by atoms with Crippen molar-refractivity contribution < 1.29 is 24.4 Å². The number of alkyl carbamates (subject to hydrolysis) is 1. The number of carbonyl (C=O) groups excluding carboxylic acids is 1. The maximum atomic E-state index is 12.2. The fourth-order valence-electron chi connectivity index (χ4n) is 3.00. The summed E-state index contributed by atoms with van der Waals surface area (Å²) in [7, 11) is 0. The minimum atomic E-state index is -0.748. The lowest BCUT2D eigenvalue weighted by molar-refractivity contribution is 0.0422. The van der Waals surface area contributed by atoms with E-state index in [-0.39, 0.29) is 0 Å². The van der Waals surface area contributed by atoms with Gasteiger partial charge in [0, 0.05) is 13.0 Å². The van der Waals surface area contributed by atoms with Crippen LogP contribution in [0.4, 0.5) is 4.79 Å². The Morgan fingerprint density at radius 2 is 1.86 bits per heavy atom. The summed E-state index contributed by atoms with van der Waals surface area (Å²) in [6.07, 6.45) is 1.05. The summed E-state index contributed by atoms with van der Waals surface area (Å²) in [5.41, 5.74) is 0.449. The highest BCUT2D eigenvalue weighted by atomic mass is 17.4. The Labute approximate surface area is 174 Å². The number of aliphatic hydroxyl groups is 1. The number of carbonyl (C=O) groups is 1. The molecule has 29 heavy (non-hydrogen) atoms. The van der Waals surface area contributed by atoms with E-state index >= 15 is 0 Å². The molecular formula is C22H36N2O5. The van der Waals surface area contributed by atoms with Crippen molar-refractivity contribution in [1.82, 2.24) is 10.6 Å². The zero-order chi connectivity index (χ0) is 21.5. The lowest BCUT2D eigenvalue weighted by atomic mass is 10.00. The highest BCUT2D eigenvalue weighted by Crippen LogP contribution is 2.34. The Morgan fingerprint density at radius 3 is 2.45 bits per heavy atom. The lowest BCUT2D eigenvalue weighted by Crippen LogP contribution is -2.50. The Morgan fingerprint density at radius 1 is 1.21 bits per heavy atom. The fourth-order valence-corrected chi connectivity index (χ4v) is 3.00. The predicted octanol–water partition coefficient (Wildman–Crippen LogP) is 3.17. The molecule has 164 valence electrons. The van der Waals surface area contributed by atoms with E-state index in [2.05, 4.69) is 17.6 Å². The zero-order valence-corrected chi connectivity index (χ0v) is 18.2. The molecule has 3 N–H and O–H groups in total. The van der Waals surface area contributed by atoms with Crippen LogP contribution in [0.2, 0.25) is 0 Å². The molecular weight excluding hydrogens is 372 g/mol. The van der Waals surface area contributed by atoms with E-state index in [0.717, 1.165) is 24.9 Å². The smallest absolute Gasteiger partial charge is 0.407 e. The van der Waals surface area contributed by atoms with Crippen molar-refractivity contribution in [3.8, 4) is 0 Å². The average molecular weight is 409 g/mol. The summed E-state index contributed by atoms with van der Waals surface area (Å²) in [4.78, 5) is 22.1. The van der Waals surface area contributed by atoms with E-state index in [0.29, 0.717) is 18.9 Å². The Bertz CT molecular complexity index is 628.